The molecule has 12 rings (SSSR count). The molecule has 0 aliphatic heterocycles. The van der Waals surface area contributed by atoms with E-state index in [0.717, 1.165) is 10.3 Å². The smallest absolute Gasteiger partial charge is 0.00733 e. The van der Waals surface area contributed by atoms with Crippen LogP contribution in [0.5, 0.6) is 0 Å². The molecule has 0 saturated heterocycles. The molecule has 0 spiro atoms. The van der Waals surface area contributed by atoms with E-state index in [9.17, 15) is 0 Å². The van der Waals surface area contributed by atoms with Gasteiger partial charge in [-0.3, -0.25) is 0 Å². The van der Waals surface area contributed by atoms with Crippen molar-refractivity contribution in [1.29, 1.82) is 0 Å². The summed E-state index contributed by atoms with van der Waals surface area (Å²) in [5, 5.41) is 0. The van der Waals surface area contributed by atoms with Gasteiger partial charge < -0.3 is 0 Å². The van der Waals surface area contributed by atoms with Crippen LogP contribution in [-0.2, 0) is 19.3 Å². The van der Waals surface area contributed by atoms with E-state index in [-0.39, 0.29) is 0 Å². The van der Waals surface area contributed by atoms with Gasteiger partial charge >= 0.3 is 0 Å². The molecular formula is C64H63I. The predicted octanol–water partition coefficient (Wildman–Crippen LogP) is 17.7. The van der Waals surface area contributed by atoms with Gasteiger partial charge in [0.1, 0.15) is 0 Å². The summed E-state index contributed by atoms with van der Waals surface area (Å²) in [7, 11) is 0. The average Bonchev–Trinajstić information content (AvgIpc) is 3.44. The van der Waals surface area contributed by atoms with Crippen LogP contribution >= 0.6 is 22.6 Å². The van der Waals surface area contributed by atoms with Crippen LogP contribution in [0.4, 0.5) is 0 Å². The standard InChI is InChI=1S/C16H16.C16H14.C15H14.C14H12.C3H7I/c2*1-12-15-8-4-2-6-13(15)10-11-14-7-3-5-9-16(12)14;1-11-14-8-4-2-6-12(14)10-13-7-3-5-9-15(11)13;1-10-11-6-2-4-8-13(11)14-9-5-3-7-12(10)14;1-3(2)4/h2-9,12H,10-11H2,1H3;2-12H,1H3;2-9,11H,10H2,1H3;2-10H,1H3;3H,1-2H3. The quantitative estimate of drug-likeness (QED) is 0.105. The lowest BCUT2D eigenvalue weighted by Gasteiger charge is -2.25. The SMILES string of the molecule is CC(C)I.CC1c2ccccc2-c2ccccc21.CC1c2ccccc2C=Cc2ccccc21.CC1c2ccccc2CCc2ccccc21.CC1c2ccccc2Cc2ccccc21. The van der Waals surface area contributed by atoms with E-state index in [0.29, 0.717) is 23.7 Å². The molecule has 4 aliphatic carbocycles. The molecule has 8 aromatic carbocycles. The lowest BCUT2D eigenvalue weighted by molar-refractivity contribution is 0.845. The van der Waals surface area contributed by atoms with E-state index >= 15 is 0 Å². The second-order valence-corrected chi connectivity index (χ2v) is 20.6. The minimum atomic E-state index is 0.474. The first-order valence-corrected chi connectivity index (χ1v) is 24.9. The first-order valence-electron chi connectivity index (χ1n) is 23.7. The number of alkyl halides is 1. The zero-order valence-electron chi connectivity index (χ0n) is 39.0. The van der Waals surface area contributed by atoms with Crippen molar-refractivity contribution in [3.8, 4) is 11.1 Å². The van der Waals surface area contributed by atoms with Crippen LogP contribution in [-0.4, -0.2) is 3.92 Å². The normalized spacial score (nSPS) is 14.0. The summed E-state index contributed by atoms with van der Waals surface area (Å²) in [4.78, 5) is 0. The highest BCUT2D eigenvalue weighted by molar-refractivity contribution is 14.1. The van der Waals surface area contributed by atoms with Crippen LogP contribution < -0.4 is 0 Å². The Morgan fingerprint density at radius 1 is 0.323 bits per heavy atom. The molecule has 0 aromatic heterocycles. The van der Waals surface area contributed by atoms with Gasteiger partial charge in [-0.15, -0.1) is 0 Å². The van der Waals surface area contributed by atoms with Gasteiger partial charge in [0.05, 0.1) is 0 Å². The lowest BCUT2D eigenvalue weighted by Crippen LogP contribution is -2.10. The molecular weight excluding hydrogens is 896 g/mol. The molecule has 0 atom stereocenters. The average molecular weight is 959 g/mol. The van der Waals surface area contributed by atoms with E-state index in [1.807, 2.05) is 0 Å². The number of fused-ring (bicyclic) bond motifs is 9. The van der Waals surface area contributed by atoms with Crippen molar-refractivity contribution < 1.29 is 0 Å². The van der Waals surface area contributed by atoms with Gasteiger partial charge in [0.25, 0.3) is 0 Å². The Kier molecular flexibility index (Phi) is 15.1. The third-order valence-corrected chi connectivity index (χ3v) is 13.6. The van der Waals surface area contributed by atoms with Crippen molar-refractivity contribution in [3.63, 3.8) is 0 Å². The fourth-order valence-corrected chi connectivity index (χ4v) is 10.3. The number of aryl methyl sites for hydroxylation is 2. The Morgan fingerprint density at radius 2 is 0.569 bits per heavy atom. The van der Waals surface area contributed by atoms with Crippen LogP contribution in [0.3, 0.4) is 0 Å². The third-order valence-electron chi connectivity index (χ3n) is 13.6. The van der Waals surface area contributed by atoms with E-state index in [1.54, 1.807) is 0 Å². The summed E-state index contributed by atoms with van der Waals surface area (Å²) >= 11 is 2.34. The van der Waals surface area contributed by atoms with Crippen LogP contribution in [0, 0.1) is 0 Å². The first-order chi connectivity index (χ1) is 31.7. The molecule has 0 heterocycles. The number of halogens is 1. The molecule has 0 N–H and O–H groups in total. The maximum atomic E-state index is 2.34. The highest BCUT2D eigenvalue weighted by Crippen LogP contribution is 2.44. The molecule has 0 fully saturated rings. The number of hydrogen-bond acceptors (Lipinski definition) is 0. The topological polar surface area (TPSA) is 0 Å². The monoisotopic (exact) mass is 958 g/mol. The highest BCUT2D eigenvalue weighted by Gasteiger charge is 2.24. The van der Waals surface area contributed by atoms with Crippen LogP contribution in [0.2, 0.25) is 0 Å². The molecule has 0 radical (unpaired) electrons. The van der Waals surface area contributed by atoms with Gasteiger partial charge in [-0.05, 0) is 108 Å². The van der Waals surface area contributed by atoms with Crippen molar-refractivity contribution >= 4 is 34.7 Å². The summed E-state index contributed by atoms with van der Waals surface area (Å²) in [6.07, 6.45) is 7.89. The minimum absolute atomic E-state index is 0.474. The molecule has 4 aliphatic rings. The van der Waals surface area contributed by atoms with Crippen LogP contribution in [0.25, 0.3) is 23.3 Å². The molecule has 8 aromatic rings. The van der Waals surface area contributed by atoms with Crippen molar-refractivity contribution in [3.05, 3.63) is 272 Å². The molecule has 0 saturated carbocycles. The Bertz CT molecular complexity index is 2680. The highest BCUT2D eigenvalue weighted by atomic mass is 127. The molecule has 0 nitrogen and oxygen atoms in total. The Morgan fingerprint density at radius 3 is 0.954 bits per heavy atom. The largest absolute Gasteiger partial charge is 0.0832 e. The second-order valence-electron chi connectivity index (χ2n) is 18.1. The van der Waals surface area contributed by atoms with Gasteiger partial charge in [-0.1, -0.05) is 270 Å². The van der Waals surface area contributed by atoms with Crippen LogP contribution in [0.15, 0.2) is 194 Å². The third kappa shape index (κ3) is 10.5. The maximum Gasteiger partial charge on any atom is 0.00733 e. The van der Waals surface area contributed by atoms with Crippen molar-refractivity contribution in [2.75, 3.05) is 0 Å². The Balaban J connectivity index is 0.000000115. The van der Waals surface area contributed by atoms with Crippen LogP contribution in [0.1, 0.15) is 143 Å². The number of hydrogen-bond donors (Lipinski definition) is 0. The molecule has 0 unspecified atom stereocenters. The van der Waals surface area contributed by atoms with E-state index < -0.39 is 0 Å². The van der Waals surface area contributed by atoms with Crippen molar-refractivity contribution in [2.45, 2.75) is 88.4 Å². The van der Waals surface area contributed by atoms with E-state index in [4.69, 9.17) is 0 Å². The predicted molar refractivity (Wildman–Crippen MR) is 289 cm³/mol. The Labute approximate surface area is 403 Å². The summed E-state index contributed by atoms with van der Waals surface area (Å²) in [6.45, 7) is 13.5. The molecule has 0 amide bonds. The zero-order chi connectivity index (χ0) is 45.3. The molecule has 326 valence electrons. The van der Waals surface area contributed by atoms with Gasteiger partial charge in [0, 0.05) is 27.6 Å². The van der Waals surface area contributed by atoms with Crippen molar-refractivity contribution in [2.24, 2.45) is 0 Å². The molecule has 0 bridgehead atoms. The summed E-state index contributed by atoms with van der Waals surface area (Å²) in [6, 6.07) is 70.0. The second kappa shape index (κ2) is 21.5. The number of benzene rings is 8. The number of rotatable bonds is 0. The van der Waals surface area contributed by atoms with Gasteiger partial charge in [0.15, 0.2) is 0 Å². The summed E-state index contributed by atoms with van der Waals surface area (Å²) < 4.78 is 0.803. The lowest BCUT2D eigenvalue weighted by atomic mass is 9.79. The van der Waals surface area contributed by atoms with E-state index in [2.05, 4.69) is 270 Å². The maximum absolute atomic E-state index is 2.34. The fraction of sp³-hybridized carbons (Fsp3) is 0.219. The Hall–Kier alpha value is -5.77. The van der Waals surface area contributed by atoms with Gasteiger partial charge in [-0.2, -0.15) is 0 Å². The van der Waals surface area contributed by atoms with E-state index in [1.165, 1.54) is 102 Å². The van der Waals surface area contributed by atoms with Gasteiger partial charge in [-0.25, -0.2) is 0 Å². The molecule has 1 heteroatoms. The fourth-order valence-electron chi connectivity index (χ4n) is 10.3. The molecule has 65 heavy (non-hydrogen) atoms. The zero-order valence-corrected chi connectivity index (χ0v) is 41.2. The van der Waals surface area contributed by atoms with Crippen molar-refractivity contribution in [1.82, 2.24) is 0 Å². The first kappa shape index (κ1) is 45.8. The minimum Gasteiger partial charge on any atom is -0.0832 e. The summed E-state index contributed by atoms with van der Waals surface area (Å²) in [5.41, 5.74) is 23.3. The summed E-state index contributed by atoms with van der Waals surface area (Å²) in [5.74, 6) is 2.12. The van der Waals surface area contributed by atoms with Gasteiger partial charge in [0.2, 0.25) is 0 Å².